The van der Waals surface area contributed by atoms with Crippen LogP contribution in [-0.2, 0) is 10.1 Å². The van der Waals surface area contributed by atoms with Crippen LogP contribution >= 0.6 is 15.9 Å². The maximum absolute atomic E-state index is 10.6. The van der Waals surface area contributed by atoms with Gasteiger partial charge in [-0.15, -0.1) is 0 Å². The molecule has 90 valence electrons. The van der Waals surface area contributed by atoms with Crippen LogP contribution in [0.25, 0.3) is 0 Å². The van der Waals surface area contributed by atoms with Crippen LogP contribution in [0.2, 0.25) is 0 Å². The third-order valence-corrected chi connectivity index (χ3v) is 3.32. The molecule has 1 aromatic rings. The van der Waals surface area contributed by atoms with E-state index in [2.05, 4.69) is 15.9 Å². The quantitative estimate of drug-likeness (QED) is 0.295. The normalized spacial score (nSPS) is 10.7. The molecule has 17 heavy (non-hydrogen) atoms. The predicted octanol–water partition coefficient (Wildman–Crippen LogP) is -0.851. The van der Waals surface area contributed by atoms with Gasteiger partial charge in [0, 0.05) is 5.33 Å². The molecule has 0 fully saturated rings. The van der Waals surface area contributed by atoms with Crippen LogP contribution in [0.3, 0.4) is 0 Å². The molecule has 0 atom stereocenters. The predicted molar refractivity (Wildman–Crippen MR) is 62.9 cm³/mol. The number of hydrogen-bond donors (Lipinski definition) is 0. The Hall–Kier alpha value is 0.410. The Morgan fingerprint density at radius 3 is 2.24 bits per heavy atom. The molecule has 0 aliphatic rings. The van der Waals surface area contributed by atoms with E-state index in [1.807, 2.05) is 0 Å². The van der Waals surface area contributed by atoms with Gasteiger partial charge in [0.1, 0.15) is 15.9 Å². The van der Waals surface area contributed by atoms with E-state index in [1.54, 1.807) is 0 Å². The van der Waals surface area contributed by atoms with Crippen molar-refractivity contribution in [1.82, 2.24) is 0 Å². The van der Waals surface area contributed by atoms with E-state index in [1.165, 1.54) is 24.3 Å². The molecule has 0 amide bonds. The maximum atomic E-state index is 10.6. The molecule has 0 radical (unpaired) electrons. The minimum absolute atomic E-state index is 0. The van der Waals surface area contributed by atoms with Gasteiger partial charge in [-0.3, -0.25) is 0 Å². The molecule has 0 unspecified atom stereocenters. The Kier molecular flexibility index (Phi) is 8.71. The average Bonchev–Trinajstić information content (AvgIpc) is 2.24. The first-order chi connectivity index (χ1) is 7.54. The zero-order chi connectivity index (χ0) is 12.0. The van der Waals surface area contributed by atoms with E-state index >= 15 is 0 Å². The van der Waals surface area contributed by atoms with Gasteiger partial charge >= 0.3 is 29.6 Å². The zero-order valence-electron chi connectivity index (χ0n) is 9.56. The summed E-state index contributed by atoms with van der Waals surface area (Å²) in [4.78, 5) is -0.236. The number of ether oxygens (including phenoxy) is 1. The summed E-state index contributed by atoms with van der Waals surface area (Å²) < 4.78 is 37.3. The van der Waals surface area contributed by atoms with E-state index in [9.17, 15) is 13.0 Å². The summed E-state index contributed by atoms with van der Waals surface area (Å²) in [5, 5.41) is 0.934. The fraction of sp³-hybridized carbons (Fsp3) is 0.400. The molecule has 0 bridgehead atoms. The van der Waals surface area contributed by atoms with Gasteiger partial charge in [0.2, 0.25) is 0 Å². The van der Waals surface area contributed by atoms with Crippen LogP contribution in [0, 0.1) is 0 Å². The van der Waals surface area contributed by atoms with Gasteiger partial charge in [0.25, 0.3) is 0 Å². The van der Waals surface area contributed by atoms with Crippen LogP contribution in [0.1, 0.15) is 12.8 Å². The van der Waals surface area contributed by atoms with Gasteiger partial charge in [-0.05, 0) is 37.1 Å². The molecule has 0 aliphatic heterocycles. The van der Waals surface area contributed by atoms with E-state index < -0.39 is 10.1 Å². The van der Waals surface area contributed by atoms with Crippen LogP contribution in [0.5, 0.6) is 5.75 Å². The first-order valence-electron chi connectivity index (χ1n) is 4.79. The number of benzene rings is 1. The molecule has 0 N–H and O–H groups in total. The van der Waals surface area contributed by atoms with E-state index in [4.69, 9.17) is 4.74 Å². The van der Waals surface area contributed by atoms with Crippen molar-refractivity contribution in [3.8, 4) is 5.75 Å². The second kappa shape index (κ2) is 8.50. The Morgan fingerprint density at radius 2 is 1.76 bits per heavy atom. The Bertz CT molecular complexity index is 418. The van der Waals surface area contributed by atoms with Crippen LogP contribution < -0.4 is 34.3 Å². The summed E-state index contributed by atoms with van der Waals surface area (Å²) >= 11 is 3.31. The van der Waals surface area contributed by atoms with Gasteiger partial charge in [-0.1, -0.05) is 15.9 Å². The third-order valence-electron chi connectivity index (χ3n) is 1.91. The van der Waals surface area contributed by atoms with Crippen LogP contribution in [0.4, 0.5) is 0 Å². The van der Waals surface area contributed by atoms with Gasteiger partial charge in [-0.2, -0.15) is 0 Å². The average molecular weight is 331 g/mol. The van der Waals surface area contributed by atoms with E-state index in [-0.39, 0.29) is 34.5 Å². The number of hydrogen-bond acceptors (Lipinski definition) is 4. The first-order valence-corrected chi connectivity index (χ1v) is 7.32. The number of halogens is 1. The molecule has 1 rings (SSSR count). The molecule has 0 saturated carbocycles. The fourth-order valence-electron chi connectivity index (χ4n) is 1.09. The number of alkyl halides is 1. The molecule has 0 aliphatic carbocycles. The van der Waals surface area contributed by atoms with Crippen LogP contribution in [0.15, 0.2) is 29.2 Å². The monoisotopic (exact) mass is 330 g/mol. The fourth-order valence-corrected chi connectivity index (χ4v) is 1.96. The van der Waals surface area contributed by atoms with Gasteiger partial charge in [0.15, 0.2) is 0 Å². The summed E-state index contributed by atoms with van der Waals surface area (Å²) in [7, 11) is -4.36. The standard InChI is InChI=1S/C10H13BrO4S.Na/c11-7-1-2-8-15-9-3-5-10(6-4-9)16(12,13)14;/h3-6H,1-2,7-8H2,(H,12,13,14);/q;+1/p-1. The summed E-state index contributed by atoms with van der Waals surface area (Å²) in [6.45, 7) is 0.578. The van der Waals surface area contributed by atoms with Crippen molar-refractivity contribution >= 4 is 26.0 Å². The zero-order valence-corrected chi connectivity index (χ0v) is 14.0. The van der Waals surface area contributed by atoms with Gasteiger partial charge in [0.05, 0.1) is 11.5 Å². The van der Waals surface area contributed by atoms with Crippen molar-refractivity contribution in [3.05, 3.63) is 24.3 Å². The van der Waals surface area contributed by atoms with Crippen molar-refractivity contribution in [3.63, 3.8) is 0 Å². The molecule has 1 aromatic carbocycles. The molecule has 0 saturated heterocycles. The smallest absolute Gasteiger partial charge is 0.744 e. The second-order valence-electron chi connectivity index (χ2n) is 3.17. The molecular weight excluding hydrogens is 319 g/mol. The molecule has 0 heterocycles. The van der Waals surface area contributed by atoms with Crippen molar-refractivity contribution in [2.75, 3.05) is 11.9 Å². The molecular formula is C10H12BrNaO4S. The van der Waals surface area contributed by atoms with Crippen molar-refractivity contribution in [1.29, 1.82) is 0 Å². The molecule has 0 aromatic heterocycles. The topological polar surface area (TPSA) is 66.4 Å². The number of rotatable bonds is 6. The first kappa shape index (κ1) is 17.4. The minimum Gasteiger partial charge on any atom is -0.744 e. The van der Waals surface area contributed by atoms with Crippen LogP contribution in [-0.4, -0.2) is 24.9 Å². The molecule has 0 spiro atoms. The Labute approximate surface area is 132 Å². The largest absolute Gasteiger partial charge is 1.00 e. The van der Waals surface area contributed by atoms with E-state index in [0.29, 0.717) is 12.4 Å². The van der Waals surface area contributed by atoms with Crippen molar-refractivity contribution in [2.45, 2.75) is 17.7 Å². The second-order valence-corrected chi connectivity index (χ2v) is 5.34. The summed E-state index contributed by atoms with van der Waals surface area (Å²) in [5.74, 6) is 0.571. The van der Waals surface area contributed by atoms with Gasteiger partial charge in [-0.25, -0.2) is 8.42 Å². The SMILES string of the molecule is O=S(=O)([O-])c1ccc(OCCCCBr)cc1.[Na+]. The maximum Gasteiger partial charge on any atom is 1.00 e. The van der Waals surface area contributed by atoms with E-state index in [0.717, 1.165) is 18.2 Å². The Balaban J connectivity index is 0.00000256. The third kappa shape index (κ3) is 6.79. The summed E-state index contributed by atoms with van der Waals surface area (Å²) in [5.41, 5.74) is 0. The Morgan fingerprint density at radius 1 is 1.18 bits per heavy atom. The van der Waals surface area contributed by atoms with Gasteiger partial charge < -0.3 is 9.29 Å². The van der Waals surface area contributed by atoms with Crippen molar-refractivity contribution in [2.24, 2.45) is 0 Å². The molecule has 7 heteroatoms. The summed E-state index contributed by atoms with van der Waals surface area (Å²) in [6, 6.07) is 5.47. The molecule has 4 nitrogen and oxygen atoms in total. The number of unbranched alkanes of at least 4 members (excludes halogenated alkanes) is 1. The minimum atomic E-state index is -4.36. The van der Waals surface area contributed by atoms with Crippen molar-refractivity contribution < 1.29 is 47.3 Å². The summed E-state index contributed by atoms with van der Waals surface area (Å²) in [6.07, 6.45) is 1.94.